The Bertz CT molecular complexity index is 161. The van der Waals surface area contributed by atoms with Gasteiger partial charge >= 0.3 is 0 Å². The molecule has 78 valence electrons. The third kappa shape index (κ3) is 7.96. The summed E-state index contributed by atoms with van der Waals surface area (Å²) in [6.45, 7) is 7.31. The first-order valence-corrected chi connectivity index (χ1v) is 5.87. The van der Waals surface area contributed by atoms with Gasteiger partial charge in [-0.2, -0.15) is 11.8 Å². The highest BCUT2D eigenvalue weighted by molar-refractivity contribution is 7.98. The van der Waals surface area contributed by atoms with Gasteiger partial charge in [0.2, 0.25) is 0 Å². The Hall–Kier alpha value is -0.380. The summed E-state index contributed by atoms with van der Waals surface area (Å²) < 4.78 is 0. The van der Waals surface area contributed by atoms with Gasteiger partial charge in [0.1, 0.15) is 0 Å². The van der Waals surface area contributed by atoms with E-state index >= 15 is 0 Å². The van der Waals surface area contributed by atoms with Crippen molar-refractivity contribution < 1.29 is 0 Å². The van der Waals surface area contributed by atoms with Gasteiger partial charge in [-0.15, -0.1) is 0 Å². The van der Waals surface area contributed by atoms with Crippen molar-refractivity contribution in [3.8, 4) is 0 Å². The van der Waals surface area contributed by atoms with Crippen LogP contribution in [0.5, 0.6) is 0 Å². The average molecular weight is 203 g/mol. The van der Waals surface area contributed by atoms with Gasteiger partial charge in [-0.25, -0.2) is 0 Å². The van der Waals surface area contributed by atoms with Crippen LogP contribution in [0.15, 0.2) is 4.99 Å². The fourth-order valence-corrected chi connectivity index (χ4v) is 1.11. The Morgan fingerprint density at radius 1 is 1.38 bits per heavy atom. The highest BCUT2D eigenvalue weighted by Crippen LogP contribution is 1.97. The molecule has 0 aromatic rings. The van der Waals surface area contributed by atoms with Crippen LogP contribution in [0, 0.1) is 0 Å². The molecule has 13 heavy (non-hydrogen) atoms. The minimum Gasteiger partial charge on any atom is -0.356 e. The van der Waals surface area contributed by atoms with Gasteiger partial charge in [0.25, 0.3) is 0 Å². The minimum atomic E-state index is 0.0706. The van der Waals surface area contributed by atoms with Crippen molar-refractivity contribution in [3.63, 3.8) is 0 Å². The standard InChI is InChI=1S/C9H21N3S/c1-9(2,3)12-8(10-4)11-6-7-13-5/h6-7H2,1-5H3,(H2,10,11,12). The van der Waals surface area contributed by atoms with Crippen LogP contribution in [0.2, 0.25) is 0 Å². The first-order chi connectivity index (χ1) is 5.99. The van der Waals surface area contributed by atoms with E-state index in [-0.39, 0.29) is 5.54 Å². The van der Waals surface area contributed by atoms with Crippen LogP contribution in [-0.2, 0) is 0 Å². The lowest BCUT2D eigenvalue weighted by Gasteiger charge is -2.23. The number of nitrogens with one attached hydrogen (secondary N) is 2. The molecule has 0 atom stereocenters. The van der Waals surface area contributed by atoms with E-state index in [1.807, 2.05) is 11.8 Å². The summed E-state index contributed by atoms with van der Waals surface area (Å²) in [6.07, 6.45) is 2.10. The third-order valence-corrected chi connectivity index (χ3v) is 1.93. The van der Waals surface area contributed by atoms with E-state index in [1.165, 1.54) is 0 Å². The van der Waals surface area contributed by atoms with E-state index in [4.69, 9.17) is 0 Å². The van der Waals surface area contributed by atoms with Crippen LogP contribution < -0.4 is 10.6 Å². The highest BCUT2D eigenvalue weighted by atomic mass is 32.2. The van der Waals surface area contributed by atoms with Gasteiger partial charge in [-0.1, -0.05) is 0 Å². The topological polar surface area (TPSA) is 36.4 Å². The number of guanidine groups is 1. The summed E-state index contributed by atoms with van der Waals surface area (Å²) in [6, 6.07) is 0. The van der Waals surface area contributed by atoms with E-state index in [0.717, 1.165) is 18.3 Å². The van der Waals surface area contributed by atoms with Crippen molar-refractivity contribution in [1.82, 2.24) is 10.6 Å². The quantitative estimate of drug-likeness (QED) is 0.412. The number of thioether (sulfide) groups is 1. The molecule has 3 nitrogen and oxygen atoms in total. The van der Waals surface area contributed by atoms with Crippen LogP contribution in [0.25, 0.3) is 0 Å². The molecular formula is C9H21N3S. The van der Waals surface area contributed by atoms with Crippen molar-refractivity contribution in [2.75, 3.05) is 25.6 Å². The molecule has 0 saturated heterocycles. The zero-order valence-electron chi connectivity index (χ0n) is 9.27. The maximum Gasteiger partial charge on any atom is 0.191 e. The van der Waals surface area contributed by atoms with E-state index in [2.05, 4.69) is 42.7 Å². The molecule has 0 aliphatic heterocycles. The highest BCUT2D eigenvalue weighted by Gasteiger charge is 2.10. The SMILES string of the molecule is CN=C(NCCSC)NC(C)(C)C. The van der Waals surface area contributed by atoms with Gasteiger partial charge in [0, 0.05) is 24.9 Å². The molecule has 0 bridgehead atoms. The fourth-order valence-electron chi connectivity index (χ4n) is 0.806. The van der Waals surface area contributed by atoms with Crippen LogP contribution in [0.4, 0.5) is 0 Å². The van der Waals surface area contributed by atoms with E-state index in [0.29, 0.717) is 0 Å². The summed E-state index contributed by atoms with van der Waals surface area (Å²) >= 11 is 1.83. The zero-order valence-corrected chi connectivity index (χ0v) is 10.1. The average Bonchev–Trinajstić information content (AvgIpc) is 2.01. The number of hydrogen-bond donors (Lipinski definition) is 2. The van der Waals surface area contributed by atoms with Gasteiger partial charge in [0.05, 0.1) is 0 Å². The molecule has 0 amide bonds. The van der Waals surface area contributed by atoms with Gasteiger partial charge in [-0.05, 0) is 27.0 Å². The Labute approximate surface area is 85.8 Å². The molecule has 2 N–H and O–H groups in total. The Kier molecular flexibility index (Phi) is 5.95. The van der Waals surface area contributed by atoms with Crippen molar-refractivity contribution in [2.45, 2.75) is 26.3 Å². The van der Waals surface area contributed by atoms with Crippen molar-refractivity contribution in [1.29, 1.82) is 0 Å². The molecule has 0 heterocycles. The largest absolute Gasteiger partial charge is 0.356 e. The van der Waals surface area contributed by atoms with Crippen molar-refractivity contribution in [2.24, 2.45) is 4.99 Å². The lowest BCUT2D eigenvalue weighted by Crippen LogP contribution is -2.48. The Morgan fingerprint density at radius 2 is 2.00 bits per heavy atom. The van der Waals surface area contributed by atoms with Crippen LogP contribution in [0.3, 0.4) is 0 Å². The van der Waals surface area contributed by atoms with E-state index in [9.17, 15) is 0 Å². The Balaban J connectivity index is 3.79. The van der Waals surface area contributed by atoms with Crippen molar-refractivity contribution in [3.05, 3.63) is 0 Å². The summed E-state index contributed by atoms with van der Waals surface area (Å²) in [4.78, 5) is 4.13. The minimum absolute atomic E-state index is 0.0706. The van der Waals surface area contributed by atoms with Crippen LogP contribution in [0.1, 0.15) is 20.8 Å². The summed E-state index contributed by atoms with van der Waals surface area (Å²) in [5.41, 5.74) is 0.0706. The monoisotopic (exact) mass is 203 g/mol. The summed E-state index contributed by atoms with van der Waals surface area (Å²) in [5.74, 6) is 1.98. The molecular weight excluding hydrogens is 182 g/mol. The molecule has 0 saturated carbocycles. The molecule has 0 rings (SSSR count). The van der Waals surface area contributed by atoms with Gasteiger partial charge in [0.15, 0.2) is 5.96 Å². The number of nitrogens with zero attached hydrogens (tertiary/aromatic N) is 1. The van der Waals surface area contributed by atoms with Crippen molar-refractivity contribution >= 4 is 17.7 Å². The smallest absolute Gasteiger partial charge is 0.191 e. The second-order valence-electron chi connectivity index (χ2n) is 3.87. The zero-order chi connectivity index (χ0) is 10.3. The number of aliphatic imine (C=N–C) groups is 1. The fraction of sp³-hybridized carbons (Fsp3) is 0.889. The second kappa shape index (κ2) is 6.13. The molecule has 0 unspecified atom stereocenters. The van der Waals surface area contributed by atoms with Crippen LogP contribution in [-0.4, -0.2) is 37.1 Å². The van der Waals surface area contributed by atoms with E-state index in [1.54, 1.807) is 7.05 Å². The molecule has 0 fully saturated rings. The lowest BCUT2D eigenvalue weighted by molar-refractivity contribution is 0.502. The predicted molar refractivity (Wildman–Crippen MR) is 62.6 cm³/mol. The first-order valence-electron chi connectivity index (χ1n) is 4.47. The maximum absolute atomic E-state index is 4.13. The molecule has 4 heteroatoms. The maximum atomic E-state index is 4.13. The number of hydrogen-bond acceptors (Lipinski definition) is 2. The lowest BCUT2D eigenvalue weighted by atomic mass is 10.1. The molecule has 0 aromatic heterocycles. The van der Waals surface area contributed by atoms with Gasteiger partial charge < -0.3 is 10.6 Å². The molecule has 0 radical (unpaired) electrons. The normalized spacial score (nSPS) is 12.8. The molecule has 0 spiro atoms. The summed E-state index contributed by atoms with van der Waals surface area (Å²) in [7, 11) is 1.79. The molecule has 0 aliphatic carbocycles. The molecule has 0 aromatic carbocycles. The second-order valence-corrected chi connectivity index (χ2v) is 4.85. The number of rotatable bonds is 3. The Morgan fingerprint density at radius 3 is 2.38 bits per heavy atom. The predicted octanol–water partition coefficient (Wildman–Crippen LogP) is 1.31. The van der Waals surface area contributed by atoms with E-state index < -0.39 is 0 Å². The first kappa shape index (κ1) is 12.6. The summed E-state index contributed by atoms with van der Waals surface area (Å²) in [5, 5.41) is 6.54. The van der Waals surface area contributed by atoms with Gasteiger partial charge in [-0.3, -0.25) is 4.99 Å². The third-order valence-electron chi connectivity index (χ3n) is 1.32. The molecule has 0 aliphatic rings. The van der Waals surface area contributed by atoms with Crippen LogP contribution >= 0.6 is 11.8 Å².